The number of carbonyl (C=O) groups is 1. The summed E-state index contributed by atoms with van der Waals surface area (Å²) in [5, 5.41) is 6.26. The van der Waals surface area contributed by atoms with E-state index in [0.717, 1.165) is 23.6 Å². The maximum absolute atomic E-state index is 10.4. The van der Waals surface area contributed by atoms with Gasteiger partial charge in [0, 0.05) is 18.8 Å². The summed E-state index contributed by atoms with van der Waals surface area (Å²) < 4.78 is 0. The van der Waals surface area contributed by atoms with Gasteiger partial charge >= 0.3 is 0 Å². The van der Waals surface area contributed by atoms with E-state index in [0.29, 0.717) is 12.5 Å². The molecule has 3 nitrogen and oxygen atoms in total. The Hall–Kier alpha value is -1.87. The van der Waals surface area contributed by atoms with Gasteiger partial charge in [-0.15, -0.1) is 0 Å². The average Bonchev–Trinajstić information content (AvgIpc) is 2.95. The Morgan fingerprint density at radius 2 is 2.05 bits per heavy atom. The first-order valence-corrected chi connectivity index (χ1v) is 8.08. The first-order valence-electron chi connectivity index (χ1n) is 8.08. The van der Waals surface area contributed by atoms with Gasteiger partial charge in [0.25, 0.3) is 0 Å². The van der Waals surface area contributed by atoms with Crippen LogP contribution in [0.4, 0.5) is 0 Å². The third kappa shape index (κ3) is 4.85. The number of rotatable bonds is 7. The highest BCUT2D eigenvalue weighted by Crippen LogP contribution is 2.25. The molecule has 2 unspecified atom stereocenters. The van der Waals surface area contributed by atoms with Crippen molar-refractivity contribution in [1.82, 2.24) is 10.6 Å². The fourth-order valence-corrected chi connectivity index (χ4v) is 3.00. The van der Waals surface area contributed by atoms with E-state index in [1.165, 1.54) is 24.8 Å². The Balaban J connectivity index is 1.95. The molecule has 0 heterocycles. The van der Waals surface area contributed by atoms with E-state index >= 15 is 0 Å². The first-order chi connectivity index (χ1) is 10.7. The van der Waals surface area contributed by atoms with Crippen LogP contribution in [-0.2, 0) is 11.3 Å². The lowest BCUT2D eigenvalue weighted by Crippen LogP contribution is -2.25. The molecule has 1 aromatic carbocycles. The van der Waals surface area contributed by atoms with Crippen LogP contribution in [0.3, 0.4) is 0 Å². The van der Waals surface area contributed by atoms with Crippen LogP contribution < -0.4 is 10.6 Å². The summed E-state index contributed by atoms with van der Waals surface area (Å²) in [4.78, 5) is 10.4. The summed E-state index contributed by atoms with van der Waals surface area (Å²) in [5.74, 6) is 0.860. The lowest BCUT2D eigenvalue weighted by molar-refractivity contribution is -0.108. The second-order valence-corrected chi connectivity index (χ2v) is 6.08. The summed E-state index contributed by atoms with van der Waals surface area (Å²) in [6.45, 7) is 5.22. The predicted molar refractivity (Wildman–Crippen MR) is 92.1 cm³/mol. The number of nitrogens with one attached hydrogen (secondary N) is 2. The molecule has 0 bridgehead atoms. The predicted octanol–water partition coefficient (Wildman–Crippen LogP) is 3.63. The normalized spacial score (nSPS) is 22.2. The molecule has 0 radical (unpaired) electrons. The minimum Gasteiger partial charge on any atom is -0.335 e. The molecule has 1 aromatic rings. The number of allylic oxidation sites excluding steroid dienone is 3. The molecular weight excluding hydrogens is 272 g/mol. The van der Waals surface area contributed by atoms with Crippen molar-refractivity contribution in [3.63, 3.8) is 0 Å². The topological polar surface area (TPSA) is 41.1 Å². The highest BCUT2D eigenvalue weighted by Gasteiger charge is 2.20. The van der Waals surface area contributed by atoms with Crippen LogP contribution >= 0.6 is 0 Å². The molecule has 2 N–H and O–H groups in total. The van der Waals surface area contributed by atoms with Crippen LogP contribution in [0.2, 0.25) is 0 Å². The minimum atomic E-state index is 0.671. The lowest BCUT2D eigenvalue weighted by atomic mass is 10.0. The second-order valence-electron chi connectivity index (χ2n) is 6.08. The zero-order valence-electron chi connectivity index (χ0n) is 13.5. The summed E-state index contributed by atoms with van der Waals surface area (Å²) in [6, 6.07) is 9.18. The maximum atomic E-state index is 10.4. The molecule has 1 fully saturated rings. The van der Waals surface area contributed by atoms with Crippen molar-refractivity contribution in [2.45, 2.75) is 45.7 Å². The Morgan fingerprint density at radius 1 is 1.27 bits per heavy atom. The fraction of sp³-hybridized carbons (Fsp3) is 0.421. The minimum absolute atomic E-state index is 0.671. The van der Waals surface area contributed by atoms with Gasteiger partial charge in [-0.05, 0) is 48.8 Å². The summed E-state index contributed by atoms with van der Waals surface area (Å²) in [7, 11) is 0. The van der Waals surface area contributed by atoms with Crippen LogP contribution in [0.15, 0.2) is 42.6 Å². The van der Waals surface area contributed by atoms with Crippen LogP contribution in [0.25, 0.3) is 5.57 Å². The highest BCUT2D eigenvalue weighted by atomic mass is 16.1. The van der Waals surface area contributed by atoms with E-state index < -0.39 is 0 Å². The molecule has 0 aliphatic heterocycles. The van der Waals surface area contributed by atoms with E-state index in [9.17, 15) is 4.79 Å². The molecule has 3 heteroatoms. The molecular formula is C19H26N2O. The summed E-state index contributed by atoms with van der Waals surface area (Å²) in [6.07, 6.45) is 10.3. The van der Waals surface area contributed by atoms with Gasteiger partial charge in [0.15, 0.2) is 0 Å². The van der Waals surface area contributed by atoms with Crippen molar-refractivity contribution < 1.29 is 4.79 Å². The van der Waals surface area contributed by atoms with Gasteiger partial charge in [0.1, 0.15) is 0 Å². The van der Waals surface area contributed by atoms with Crippen molar-refractivity contribution in [3.05, 3.63) is 53.7 Å². The van der Waals surface area contributed by atoms with Crippen molar-refractivity contribution in [1.29, 1.82) is 0 Å². The zero-order chi connectivity index (χ0) is 15.8. The number of hydrogen-bond donors (Lipinski definition) is 2. The Morgan fingerprint density at radius 3 is 2.64 bits per heavy atom. The van der Waals surface area contributed by atoms with Gasteiger partial charge in [-0.2, -0.15) is 0 Å². The summed E-state index contributed by atoms with van der Waals surface area (Å²) in [5.41, 5.74) is 3.40. The smallest absolute Gasteiger partial charge is 0.211 e. The molecule has 1 aliphatic rings. The standard InChI is InChI=1S/C19H26N2O/c1-3-4-18(13-20-14-22)17-8-6-16(7-9-17)12-21-19-10-5-15(2)11-19/h3-4,6-9,13-15,19,21H,5,10-12H2,1-2H3,(H,20,22)/b4-3-,18-13+. The van der Waals surface area contributed by atoms with Gasteiger partial charge in [0.05, 0.1) is 0 Å². The van der Waals surface area contributed by atoms with Crippen molar-refractivity contribution in [2.75, 3.05) is 0 Å². The largest absolute Gasteiger partial charge is 0.335 e. The summed E-state index contributed by atoms with van der Waals surface area (Å²) >= 11 is 0. The van der Waals surface area contributed by atoms with Gasteiger partial charge < -0.3 is 10.6 Å². The molecule has 2 rings (SSSR count). The van der Waals surface area contributed by atoms with Crippen LogP contribution in [0, 0.1) is 5.92 Å². The van der Waals surface area contributed by atoms with Crippen LogP contribution in [0.5, 0.6) is 0 Å². The molecule has 1 aliphatic carbocycles. The van der Waals surface area contributed by atoms with Gasteiger partial charge in [-0.3, -0.25) is 4.79 Å². The zero-order valence-corrected chi connectivity index (χ0v) is 13.5. The van der Waals surface area contributed by atoms with E-state index in [-0.39, 0.29) is 0 Å². The second kappa shape index (κ2) is 8.54. The molecule has 0 saturated heterocycles. The number of amides is 1. The molecule has 0 spiro atoms. The average molecular weight is 298 g/mol. The third-order valence-corrected chi connectivity index (χ3v) is 4.23. The SMILES string of the molecule is C/C=C\C(=C/NC=O)c1ccc(CNC2CCC(C)C2)cc1. The Bertz CT molecular complexity index is 531. The van der Waals surface area contributed by atoms with Crippen molar-refractivity contribution >= 4 is 12.0 Å². The van der Waals surface area contributed by atoms with Gasteiger partial charge in [0.2, 0.25) is 6.41 Å². The van der Waals surface area contributed by atoms with Crippen molar-refractivity contribution in [3.8, 4) is 0 Å². The fourth-order valence-electron chi connectivity index (χ4n) is 3.00. The van der Waals surface area contributed by atoms with E-state index in [1.807, 2.05) is 19.1 Å². The van der Waals surface area contributed by atoms with Crippen LogP contribution in [0.1, 0.15) is 44.2 Å². The monoisotopic (exact) mass is 298 g/mol. The third-order valence-electron chi connectivity index (χ3n) is 4.23. The highest BCUT2D eigenvalue weighted by molar-refractivity contribution is 5.75. The molecule has 1 saturated carbocycles. The number of carbonyl (C=O) groups excluding carboxylic acids is 1. The van der Waals surface area contributed by atoms with Crippen LogP contribution in [-0.4, -0.2) is 12.5 Å². The van der Waals surface area contributed by atoms with Gasteiger partial charge in [-0.25, -0.2) is 0 Å². The lowest BCUT2D eigenvalue weighted by Gasteiger charge is -2.12. The Kier molecular flexibility index (Phi) is 6.41. The quantitative estimate of drug-likeness (QED) is 0.596. The van der Waals surface area contributed by atoms with Gasteiger partial charge in [-0.1, -0.05) is 43.3 Å². The van der Waals surface area contributed by atoms with E-state index in [2.05, 4.69) is 41.8 Å². The molecule has 0 aromatic heterocycles. The number of hydrogen-bond acceptors (Lipinski definition) is 2. The van der Waals surface area contributed by atoms with E-state index in [4.69, 9.17) is 0 Å². The molecule has 1 amide bonds. The van der Waals surface area contributed by atoms with E-state index in [1.54, 1.807) is 6.20 Å². The Labute approximate surface area is 133 Å². The maximum Gasteiger partial charge on any atom is 0.211 e. The number of benzene rings is 1. The van der Waals surface area contributed by atoms with Crippen molar-refractivity contribution in [2.24, 2.45) is 5.92 Å². The first kappa shape index (κ1) is 16.5. The molecule has 2 atom stereocenters. The molecule has 118 valence electrons. The molecule has 22 heavy (non-hydrogen) atoms.